The van der Waals surface area contributed by atoms with E-state index < -0.39 is 0 Å². The zero-order chi connectivity index (χ0) is 18.1. The Morgan fingerprint density at radius 1 is 1.00 bits per heavy atom. The molecule has 0 radical (unpaired) electrons. The van der Waals surface area contributed by atoms with E-state index in [2.05, 4.69) is 0 Å². The molecule has 0 aromatic heterocycles. The highest BCUT2D eigenvalue weighted by molar-refractivity contribution is 5.71. The van der Waals surface area contributed by atoms with Crippen molar-refractivity contribution in [2.24, 2.45) is 17.8 Å². The normalized spacial score (nSPS) is 21.9. The van der Waals surface area contributed by atoms with Gasteiger partial charge in [0.2, 0.25) is 0 Å². The molecule has 1 aromatic carbocycles. The van der Waals surface area contributed by atoms with Crippen molar-refractivity contribution in [1.82, 2.24) is 0 Å². The molecule has 0 N–H and O–H groups in total. The number of ether oxygens (including phenoxy) is 3. The molecule has 3 atom stereocenters. The summed E-state index contributed by atoms with van der Waals surface area (Å²) in [4.78, 5) is 23.6. The van der Waals surface area contributed by atoms with E-state index in [0.29, 0.717) is 19.8 Å². The number of carbonyl (C=O) groups is 2. The minimum absolute atomic E-state index is 0.00682. The monoisotopic (exact) mass is 346 g/mol. The van der Waals surface area contributed by atoms with Crippen molar-refractivity contribution in [2.75, 3.05) is 20.3 Å². The molecule has 3 unspecified atom stereocenters. The summed E-state index contributed by atoms with van der Waals surface area (Å²) in [5.74, 6) is -0.452. The largest absolute Gasteiger partial charge is 0.469 e. The standard InChI is InChI=1S/C20H26O5/c1-3-25-20(22)11-16-9-10-17(18(16)12-19(21)23-2)14-24-13-15-7-5-4-6-8-15/h4-10,16-18H,3,11-14H2,1-2H3. The summed E-state index contributed by atoms with van der Waals surface area (Å²) in [6.45, 7) is 3.18. The first-order valence-corrected chi connectivity index (χ1v) is 8.66. The van der Waals surface area contributed by atoms with Crippen LogP contribution in [0.4, 0.5) is 0 Å². The molecule has 0 amide bonds. The van der Waals surface area contributed by atoms with Crippen LogP contribution in [0.3, 0.4) is 0 Å². The van der Waals surface area contributed by atoms with Gasteiger partial charge >= 0.3 is 11.9 Å². The van der Waals surface area contributed by atoms with Crippen LogP contribution in [-0.2, 0) is 30.4 Å². The molecule has 5 nitrogen and oxygen atoms in total. The molecule has 0 fully saturated rings. The van der Waals surface area contributed by atoms with Gasteiger partial charge in [0.25, 0.3) is 0 Å². The van der Waals surface area contributed by atoms with Gasteiger partial charge in [0.1, 0.15) is 0 Å². The lowest BCUT2D eigenvalue weighted by Gasteiger charge is -2.24. The molecule has 0 saturated heterocycles. The number of benzene rings is 1. The first-order valence-electron chi connectivity index (χ1n) is 8.66. The lowest BCUT2D eigenvalue weighted by atomic mass is 9.84. The van der Waals surface area contributed by atoms with E-state index in [1.165, 1.54) is 7.11 Å². The second-order valence-electron chi connectivity index (χ2n) is 6.17. The van der Waals surface area contributed by atoms with Crippen LogP contribution >= 0.6 is 0 Å². The Balaban J connectivity index is 1.92. The second kappa shape index (κ2) is 9.99. The van der Waals surface area contributed by atoms with Crippen LogP contribution in [0.15, 0.2) is 42.5 Å². The number of hydrogen-bond donors (Lipinski definition) is 0. The van der Waals surface area contributed by atoms with Gasteiger partial charge in [0.05, 0.1) is 33.4 Å². The molecule has 0 heterocycles. The molecule has 25 heavy (non-hydrogen) atoms. The fraction of sp³-hybridized carbons (Fsp3) is 0.500. The predicted molar refractivity (Wildman–Crippen MR) is 93.6 cm³/mol. The molecule has 0 saturated carbocycles. The first-order chi connectivity index (χ1) is 12.1. The van der Waals surface area contributed by atoms with Crippen molar-refractivity contribution in [3.63, 3.8) is 0 Å². The Bertz CT molecular complexity index is 581. The Hall–Kier alpha value is -2.14. The smallest absolute Gasteiger partial charge is 0.306 e. The van der Waals surface area contributed by atoms with Crippen molar-refractivity contribution in [1.29, 1.82) is 0 Å². The average molecular weight is 346 g/mol. The van der Waals surface area contributed by atoms with Gasteiger partial charge in [0, 0.05) is 12.3 Å². The summed E-state index contributed by atoms with van der Waals surface area (Å²) in [5.41, 5.74) is 1.11. The third-order valence-electron chi connectivity index (χ3n) is 4.46. The molecule has 1 aliphatic carbocycles. The highest BCUT2D eigenvalue weighted by atomic mass is 16.5. The van der Waals surface area contributed by atoms with Gasteiger partial charge in [-0.1, -0.05) is 42.5 Å². The Labute approximate surface area is 149 Å². The first kappa shape index (κ1) is 19.2. The van der Waals surface area contributed by atoms with Crippen LogP contribution in [0.5, 0.6) is 0 Å². The Morgan fingerprint density at radius 2 is 1.72 bits per heavy atom. The maximum absolute atomic E-state index is 11.8. The van der Waals surface area contributed by atoms with Crippen LogP contribution in [0.2, 0.25) is 0 Å². The zero-order valence-corrected chi connectivity index (χ0v) is 14.9. The van der Waals surface area contributed by atoms with Gasteiger partial charge in [-0.25, -0.2) is 0 Å². The number of hydrogen-bond acceptors (Lipinski definition) is 5. The van der Waals surface area contributed by atoms with E-state index in [9.17, 15) is 9.59 Å². The maximum atomic E-state index is 11.8. The van der Waals surface area contributed by atoms with Crippen molar-refractivity contribution >= 4 is 11.9 Å². The van der Waals surface area contributed by atoms with Gasteiger partial charge in [-0.15, -0.1) is 0 Å². The topological polar surface area (TPSA) is 61.8 Å². The number of allylic oxidation sites excluding steroid dienone is 1. The van der Waals surface area contributed by atoms with Gasteiger partial charge in [-0.2, -0.15) is 0 Å². The SMILES string of the molecule is CCOC(=O)CC1C=CC(COCc2ccccc2)C1CC(=O)OC. The van der Waals surface area contributed by atoms with Crippen LogP contribution in [0, 0.1) is 17.8 Å². The molecule has 0 spiro atoms. The fourth-order valence-electron chi connectivity index (χ4n) is 3.16. The second-order valence-corrected chi connectivity index (χ2v) is 6.17. The minimum Gasteiger partial charge on any atom is -0.469 e. The van der Waals surface area contributed by atoms with Gasteiger partial charge in [0.15, 0.2) is 0 Å². The van der Waals surface area contributed by atoms with Crippen molar-refractivity contribution < 1.29 is 23.8 Å². The van der Waals surface area contributed by atoms with E-state index in [4.69, 9.17) is 14.2 Å². The quantitative estimate of drug-likeness (QED) is 0.508. The minimum atomic E-state index is -0.268. The highest BCUT2D eigenvalue weighted by Crippen LogP contribution is 2.36. The van der Waals surface area contributed by atoms with E-state index in [1.54, 1.807) is 6.92 Å². The number of methoxy groups -OCH3 is 1. The Kier molecular flexibility index (Phi) is 7.67. The van der Waals surface area contributed by atoms with Crippen LogP contribution in [-0.4, -0.2) is 32.3 Å². The highest BCUT2D eigenvalue weighted by Gasteiger charge is 2.35. The zero-order valence-electron chi connectivity index (χ0n) is 14.9. The third kappa shape index (κ3) is 6.02. The molecular formula is C20H26O5. The summed E-state index contributed by atoms with van der Waals surface area (Å²) in [7, 11) is 1.38. The summed E-state index contributed by atoms with van der Waals surface area (Å²) in [6, 6.07) is 9.95. The van der Waals surface area contributed by atoms with Gasteiger partial charge in [-0.05, 0) is 24.3 Å². The molecule has 5 heteroatoms. The lowest BCUT2D eigenvalue weighted by molar-refractivity contribution is -0.146. The maximum Gasteiger partial charge on any atom is 0.306 e. The van der Waals surface area contributed by atoms with Crippen molar-refractivity contribution in [2.45, 2.75) is 26.4 Å². The molecular weight excluding hydrogens is 320 g/mol. The third-order valence-corrected chi connectivity index (χ3v) is 4.46. The number of esters is 2. The van der Waals surface area contributed by atoms with E-state index in [1.807, 2.05) is 42.5 Å². The summed E-state index contributed by atoms with van der Waals surface area (Å²) in [5, 5.41) is 0. The van der Waals surface area contributed by atoms with Gasteiger partial charge in [-0.3, -0.25) is 9.59 Å². The molecule has 1 aliphatic rings. The van der Waals surface area contributed by atoms with E-state index >= 15 is 0 Å². The number of carbonyl (C=O) groups excluding carboxylic acids is 2. The predicted octanol–water partition coefficient (Wildman–Crippen LogP) is 3.14. The van der Waals surface area contributed by atoms with Crippen molar-refractivity contribution in [3.8, 4) is 0 Å². The lowest BCUT2D eigenvalue weighted by Crippen LogP contribution is -2.25. The molecule has 0 aliphatic heterocycles. The van der Waals surface area contributed by atoms with Crippen LogP contribution < -0.4 is 0 Å². The van der Waals surface area contributed by atoms with Crippen LogP contribution in [0.25, 0.3) is 0 Å². The molecule has 0 bridgehead atoms. The summed E-state index contributed by atoms with van der Waals surface area (Å²) >= 11 is 0. The van der Waals surface area contributed by atoms with Crippen LogP contribution in [0.1, 0.15) is 25.3 Å². The fourth-order valence-corrected chi connectivity index (χ4v) is 3.16. The van der Waals surface area contributed by atoms with Gasteiger partial charge < -0.3 is 14.2 Å². The summed E-state index contributed by atoms with van der Waals surface area (Å²) in [6.07, 6.45) is 4.59. The molecule has 2 rings (SSSR count). The molecule has 136 valence electrons. The van der Waals surface area contributed by atoms with E-state index in [-0.39, 0.29) is 42.5 Å². The summed E-state index contributed by atoms with van der Waals surface area (Å²) < 4.78 is 15.7. The molecule has 1 aromatic rings. The Morgan fingerprint density at radius 3 is 2.40 bits per heavy atom. The van der Waals surface area contributed by atoms with Crippen molar-refractivity contribution in [3.05, 3.63) is 48.0 Å². The average Bonchev–Trinajstić information content (AvgIpc) is 2.97. The number of rotatable bonds is 9. The van der Waals surface area contributed by atoms with E-state index in [0.717, 1.165) is 5.56 Å².